The highest BCUT2D eigenvalue weighted by Crippen LogP contribution is 2.23. The highest BCUT2D eigenvalue weighted by Gasteiger charge is 2.13. The molecular formula is C18H15BrN2O3. The van der Waals surface area contributed by atoms with E-state index in [9.17, 15) is 9.90 Å². The van der Waals surface area contributed by atoms with Crippen molar-refractivity contribution in [3.63, 3.8) is 0 Å². The zero-order valence-electron chi connectivity index (χ0n) is 13.1. The first kappa shape index (κ1) is 16.3. The van der Waals surface area contributed by atoms with Crippen LogP contribution in [-0.2, 0) is 0 Å². The summed E-state index contributed by atoms with van der Waals surface area (Å²) in [5.74, 6) is -0.161. The van der Waals surface area contributed by atoms with Crippen LogP contribution in [0.5, 0.6) is 5.75 Å². The molecule has 2 N–H and O–H groups in total. The minimum atomic E-state index is -0.450. The van der Waals surface area contributed by atoms with Gasteiger partial charge in [0.15, 0.2) is 5.76 Å². The van der Waals surface area contributed by atoms with E-state index in [-0.39, 0.29) is 11.5 Å². The molecule has 122 valence electrons. The lowest BCUT2D eigenvalue weighted by Crippen LogP contribution is -2.18. The number of aromatic hydroxyl groups is 1. The maximum atomic E-state index is 12.2. The third kappa shape index (κ3) is 3.33. The molecule has 5 nitrogen and oxygen atoms in total. The van der Waals surface area contributed by atoms with Gasteiger partial charge in [0.25, 0.3) is 0 Å². The Balaban J connectivity index is 1.81. The first-order valence-electron chi connectivity index (χ1n) is 7.28. The van der Waals surface area contributed by atoms with Gasteiger partial charge in [-0.1, -0.05) is 27.6 Å². The number of furan rings is 1. The molecule has 3 rings (SSSR count). The van der Waals surface area contributed by atoms with Crippen molar-refractivity contribution in [3.05, 3.63) is 63.8 Å². The van der Waals surface area contributed by atoms with Crippen molar-refractivity contribution < 1.29 is 14.3 Å². The van der Waals surface area contributed by atoms with Gasteiger partial charge in [-0.3, -0.25) is 4.79 Å². The van der Waals surface area contributed by atoms with E-state index in [1.165, 1.54) is 0 Å². The third-order valence-electron chi connectivity index (χ3n) is 3.57. The van der Waals surface area contributed by atoms with Gasteiger partial charge < -0.3 is 9.52 Å². The number of carbonyl (C=O) groups excluding carboxylic acids is 1. The highest BCUT2D eigenvalue weighted by atomic mass is 79.9. The molecule has 0 bridgehead atoms. The molecule has 3 aromatic rings. The fourth-order valence-electron chi connectivity index (χ4n) is 2.32. The normalized spacial score (nSPS) is 11.7. The topological polar surface area (TPSA) is 74.8 Å². The van der Waals surface area contributed by atoms with Crippen molar-refractivity contribution in [1.29, 1.82) is 0 Å². The minimum Gasteiger partial charge on any atom is -0.507 e. The predicted molar refractivity (Wildman–Crippen MR) is 96.4 cm³/mol. The van der Waals surface area contributed by atoms with Crippen LogP contribution in [0.25, 0.3) is 11.0 Å². The number of hydrazone groups is 1. The number of phenolic OH excluding ortho intramolecular Hbond substituents is 1. The van der Waals surface area contributed by atoms with E-state index in [1.54, 1.807) is 37.3 Å². The number of carbonyl (C=O) groups is 1. The van der Waals surface area contributed by atoms with Gasteiger partial charge in [-0.05, 0) is 50.2 Å². The van der Waals surface area contributed by atoms with Crippen molar-refractivity contribution in [3.8, 4) is 5.75 Å². The largest absolute Gasteiger partial charge is 0.507 e. The number of nitrogens with zero attached hydrogens (tertiary/aromatic N) is 1. The minimum absolute atomic E-state index is 0.115. The molecular weight excluding hydrogens is 372 g/mol. The average Bonchev–Trinajstić information content (AvgIpc) is 2.97. The van der Waals surface area contributed by atoms with Crippen LogP contribution in [0, 0.1) is 6.92 Å². The van der Waals surface area contributed by atoms with Gasteiger partial charge in [0.1, 0.15) is 11.3 Å². The lowest BCUT2D eigenvalue weighted by molar-refractivity contribution is 0.0929. The number of hydrogen-bond acceptors (Lipinski definition) is 4. The maximum absolute atomic E-state index is 12.2. The first-order valence-corrected chi connectivity index (χ1v) is 8.07. The zero-order chi connectivity index (χ0) is 17.3. The summed E-state index contributed by atoms with van der Waals surface area (Å²) in [5.41, 5.74) is 5.15. The molecule has 0 unspecified atom stereocenters. The van der Waals surface area contributed by atoms with Gasteiger partial charge in [-0.2, -0.15) is 5.10 Å². The molecule has 0 saturated carbocycles. The fraction of sp³-hybridized carbons (Fsp3) is 0.111. The number of halogens is 1. The van der Waals surface area contributed by atoms with Crippen molar-refractivity contribution in [2.75, 3.05) is 0 Å². The van der Waals surface area contributed by atoms with E-state index in [4.69, 9.17) is 4.42 Å². The average molecular weight is 387 g/mol. The number of rotatable bonds is 3. The van der Waals surface area contributed by atoms with Crippen LogP contribution in [0.15, 0.2) is 56.5 Å². The quantitative estimate of drug-likeness (QED) is 0.518. The molecule has 0 saturated heterocycles. The van der Waals surface area contributed by atoms with E-state index in [0.717, 1.165) is 15.4 Å². The maximum Gasteiger partial charge on any atom is 0.307 e. The third-order valence-corrected chi connectivity index (χ3v) is 4.06. The smallest absolute Gasteiger partial charge is 0.307 e. The molecule has 24 heavy (non-hydrogen) atoms. The second-order valence-electron chi connectivity index (χ2n) is 5.45. The lowest BCUT2D eigenvalue weighted by atomic mass is 10.1. The van der Waals surface area contributed by atoms with Crippen molar-refractivity contribution in [2.45, 2.75) is 13.8 Å². The summed E-state index contributed by atoms with van der Waals surface area (Å²) in [5, 5.41) is 14.8. The molecule has 0 aliphatic heterocycles. The van der Waals surface area contributed by atoms with Crippen LogP contribution in [0.4, 0.5) is 0 Å². The second kappa shape index (κ2) is 6.49. The molecule has 6 heteroatoms. The van der Waals surface area contributed by atoms with Crippen LogP contribution in [0.1, 0.15) is 28.6 Å². The van der Waals surface area contributed by atoms with Gasteiger partial charge in [0.05, 0.1) is 5.71 Å². The summed E-state index contributed by atoms with van der Waals surface area (Å²) in [6, 6.07) is 12.4. The Kier molecular flexibility index (Phi) is 4.40. The highest BCUT2D eigenvalue weighted by molar-refractivity contribution is 9.10. The first-order chi connectivity index (χ1) is 11.4. The standard InChI is InChI=1S/C18H15BrN2O3/c1-10-3-5-15(22)14(7-10)11(2)20-21-18(23)17-9-12-8-13(19)4-6-16(12)24-17/h3-9,22H,1-2H3,(H,21,23)/b20-11+. The Bertz CT molecular complexity index is 960. The lowest BCUT2D eigenvalue weighted by Gasteiger charge is -2.05. The Labute approximate surface area is 147 Å². The Morgan fingerprint density at radius 3 is 2.79 bits per heavy atom. The molecule has 1 amide bonds. The Morgan fingerprint density at radius 1 is 1.21 bits per heavy atom. The van der Waals surface area contributed by atoms with Crippen LogP contribution in [-0.4, -0.2) is 16.7 Å². The number of amides is 1. The number of benzene rings is 2. The SMILES string of the molecule is C/C(=N\NC(=O)c1cc2cc(Br)ccc2o1)c1cc(C)ccc1O. The van der Waals surface area contributed by atoms with E-state index in [2.05, 4.69) is 26.5 Å². The van der Waals surface area contributed by atoms with Gasteiger partial charge in [-0.15, -0.1) is 0 Å². The van der Waals surface area contributed by atoms with Crippen LogP contribution in [0.3, 0.4) is 0 Å². The number of phenols is 1. The van der Waals surface area contributed by atoms with Gasteiger partial charge in [0, 0.05) is 15.4 Å². The van der Waals surface area contributed by atoms with Crippen LogP contribution >= 0.6 is 15.9 Å². The van der Waals surface area contributed by atoms with Crippen molar-refractivity contribution in [1.82, 2.24) is 5.43 Å². The fourth-order valence-corrected chi connectivity index (χ4v) is 2.69. The van der Waals surface area contributed by atoms with Crippen molar-refractivity contribution >= 4 is 38.5 Å². The molecule has 0 radical (unpaired) electrons. The van der Waals surface area contributed by atoms with Crippen LogP contribution < -0.4 is 5.43 Å². The number of aryl methyl sites for hydroxylation is 1. The van der Waals surface area contributed by atoms with Gasteiger partial charge in [-0.25, -0.2) is 5.43 Å². The summed E-state index contributed by atoms with van der Waals surface area (Å²) >= 11 is 3.38. The van der Waals surface area contributed by atoms with E-state index in [0.29, 0.717) is 16.9 Å². The molecule has 1 aromatic heterocycles. The molecule has 0 aliphatic rings. The summed E-state index contributed by atoms with van der Waals surface area (Å²) < 4.78 is 6.42. The summed E-state index contributed by atoms with van der Waals surface area (Å²) in [6.07, 6.45) is 0. The van der Waals surface area contributed by atoms with E-state index in [1.807, 2.05) is 19.1 Å². The van der Waals surface area contributed by atoms with Gasteiger partial charge in [0.2, 0.25) is 0 Å². The number of fused-ring (bicyclic) bond motifs is 1. The number of hydrogen-bond donors (Lipinski definition) is 2. The van der Waals surface area contributed by atoms with E-state index >= 15 is 0 Å². The Hall–Kier alpha value is -2.60. The van der Waals surface area contributed by atoms with Crippen molar-refractivity contribution in [2.24, 2.45) is 5.10 Å². The Morgan fingerprint density at radius 2 is 2.00 bits per heavy atom. The van der Waals surface area contributed by atoms with Gasteiger partial charge >= 0.3 is 5.91 Å². The molecule has 0 aliphatic carbocycles. The predicted octanol–water partition coefficient (Wildman–Crippen LogP) is 4.36. The summed E-state index contributed by atoms with van der Waals surface area (Å²) in [4.78, 5) is 12.2. The summed E-state index contributed by atoms with van der Waals surface area (Å²) in [6.45, 7) is 3.63. The molecule has 0 spiro atoms. The van der Waals surface area contributed by atoms with E-state index < -0.39 is 5.91 Å². The molecule has 1 heterocycles. The monoisotopic (exact) mass is 386 g/mol. The second-order valence-corrected chi connectivity index (χ2v) is 6.37. The molecule has 0 fully saturated rings. The number of nitrogens with one attached hydrogen (secondary N) is 1. The molecule has 2 aromatic carbocycles. The zero-order valence-corrected chi connectivity index (χ0v) is 14.7. The van der Waals surface area contributed by atoms with Crippen LogP contribution in [0.2, 0.25) is 0 Å². The molecule has 0 atom stereocenters. The summed E-state index contributed by atoms with van der Waals surface area (Å²) in [7, 11) is 0.